The van der Waals surface area contributed by atoms with Crippen LogP contribution in [-0.4, -0.2) is 24.3 Å². The van der Waals surface area contributed by atoms with Gasteiger partial charge in [0.05, 0.1) is 22.6 Å². The number of thiophene rings is 1. The van der Waals surface area contributed by atoms with E-state index >= 15 is 0 Å². The second-order valence-electron chi connectivity index (χ2n) is 5.35. The van der Waals surface area contributed by atoms with E-state index in [2.05, 4.69) is 9.89 Å². The van der Waals surface area contributed by atoms with Crippen LogP contribution in [0, 0.1) is 0 Å². The Morgan fingerprint density at radius 2 is 1.91 bits per heavy atom. The van der Waals surface area contributed by atoms with E-state index < -0.39 is 11.7 Å². The highest BCUT2D eigenvalue weighted by Gasteiger charge is 2.33. The number of hydrogen-bond donors (Lipinski definition) is 0. The van der Waals surface area contributed by atoms with Crippen molar-refractivity contribution in [3.05, 3.63) is 40.2 Å². The van der Waals surface area contributed by atoms with Crippen LogP contribution in [0.15, 0.2) is 34.6 Å². The molecule has 0 atom stereocenters. The average Bonchev–Trinajstić information content (AvgIpc) is 3.16. The van der Waals surface area contributed by atoms with Crippen molar-refractivity contribution in [3.63, 3.8) is 0 Å². The summed E-state index contributed by atoms with van der Waals surface area (Å²) in [6.07, 6.45) is -0.305. The number of aliphatic imine (C=N–C) groups is 1. The highest BCUT2D eigenvalue weighted by molar-refractivity contribution is 7.14. The summed E-state index contributed by atoms with van der Waals surface area (Å²) in [5.74, 6) is 0. The zero-order valence-corrected chi connectivity index (χ0v) is 13.7. The highest BCUT2D eigenvalue weighted by atomic mass is 35.5. The molecule has 2 nitrogen and oxygen atoms in total. The van der Waals surface area contributed by atoms with E-state index in [1.807, 2.05) is 11.7 Å². The molecule has 1 aromatic heterocycles. The highest BCUT2D eigenvalue weighted by Crippen LogP contribution is 2.39. The molecule has 23 heavy (non-hydrogen) atoms. The molecule has 0 N–H and O–H groups in total. The minimum Gasteiger partial charge on any atom is -0.363 e. The molecule has 1 aromatic carbocycles. The Labute approximate surface area is 141 Å². The Kier molecular flexibility index (Phi) is 4.64. The first-order chi connectivity index (χ1) is 10.9. The van der Waals surface area contributed by atoms with Gasteiger partial charge in [-0.2, -0.15) is 13.2 Å². The standard InChI is InChI=1S/C16H14ClF3N2S/c17-14-4-3-11(7-13(14)16(18,19)20)15-8-12(9-23-15)21-10-22-5-1-2-6-22/h3-4,7-10H,1-2,5-6H2/b21-10+. The smallest absolute Gasteiger partial charge is 0.363 e. The normalized spacial score (nSPS) is 15.7. The number of hydrogen-bond acceptors (Lipinski definition) is 2. The molecule has 0 unspecified atom stereocenters. The minimum atomic E-state index is -4.46. The minimum absolute atomic E-state index is 0.287. The van der Waals surface area contributed by atoms with Gasteiger partial charge in [-0.1, -0.05) is 17.7 Å². The molecular weight excluding hydrogens is 345 g/mol. The zero-order valence-electron chi connectivity index (χ0n) is 12.1. The quantitative estimate of drug-likeness (QED) is 0.497. The third kappa shape index (κ3) is 3.87. The summed E-state index contributed by atoms with van der Waals surface area (Å²) in [5.41, 5.74) is 0.432. The van der Waals surface area contributed by atoms with Crippen LogP contribution in [0.3, 0.4) is 0 Å². The number of alkyl halides is 3. The number of likely N-dealkylation sites (tertiary alicyclic amines) is 1. The van der Waals surface area contributed by atoms with E-state index in [4.69, 9.17) is 11.6 Å². The van der Waals surface area contributed by atoms with E-state index in [-0.39, 0.29) is 5.02 Å². The van der Waals surface area contributed by atoms with Gasteiger partial charge >= 0.3 is 6.18 Å². The van der Waals surface area contributed by atoms with Gasteiger partial charge in [-0.25, -0.2) is 4.99 Å². The van der Waals surface area contributed by atoms with Gasteiger partial charge in [-0.05, 0) is 36.6 Å². The van der Waals surface area contributed by atoms with Crippen molar-refractivity contribution < 1.29 is 13.2 Å². The summed E-state index contributed by atoms with van der Waals surface area (Å²) in [7, 11) is 0. The molecule has 0 saturated carbocycles. The SMILES string of the molecule is FC(F)(F)c1cc(-c2cc(/N=C/N3CCCC3)cs2)ccc1Cl. The molecule has 3 rings (SSSR count). The van der Waals surface area contributed by atoms with Crippen LogP contribution in [0.1, 0.15) is 18.4 Å². The summed E-state index contributed by atoms with van der Waals surface area (Å²) < 4.78 is 38.8. The fourth-order valence-electron chi connectivity index (χ4n) is 2.45. The number of halogens is 4. The van der Waals surface area contributed by atoms with Crippen LogP contribution in [0.2, 0.25) is 5.02 Å². The van der Waals surface area contributed by atoms with Gasteiger partial charge in [0.15, 0.2) is 0 Å². The molecule has 0 amide bonds. The molecule has 0 bridgehead atoms. The lowest BCUT2D eigenvalue weighted by atomic mass is 10.1. The monoisotopic (exact) mass is 358 g/mol. The van der Waals surface area contributed by atoms with E-state index in [0.29, 0.717) is 5.56 Å². The number of nitrogens with zero attached hydrogens (tertiary/aromatic N) is 2. The van der Waals surface area contributed by atoms with Crippen LogP contribution in [0.25, 0.3) is 10.4 Å². The third-order valence-corrected chi connectivity index (χ3v) is 4.95. The third-order valence-electron chi connectivity index (χ3n) is 3.65. The zero-order chi connectivity index (χ0) is 16.4. The van der Waals surface area contributed by atoms with E-state index in [1.54, 1.807) is 12.1 Å². The Morgan fingerprint density at radius 1 is 1.17 bits per heavy atom. The summed E-state index contributed by atoms with van der Waals surface area (Å²) in [6.45, 7) is 2.01. The maximum atomic E-state index is 12.9. The lowest BCUT2D eigenvalue weighted by Gasteiger charge is -2.10. The predicted octanol–water partition coefficient (Wildman–Crippen LogP) is 5.84. The van der Waals surface area contributed by atoms with Crippen molar-refractivity contribution >= 4 is 35.0 Å². The van der Waals surface area contributed by atoms with Gasteiger partial charge in [0.25, 0.3) is 0 Å². The molecule has 1 aliphatic heterocycles. The van der Waals surface area contributed by atoms with Gasteiger partial charge in [0.1, 0.15) is 0 Å². The molecule has 1 fully saturated rings. The fourth-order valence-corrected chi connectivity index (χ4v) is 3.50. The second kappa shape index (κ2) is 6.53. The largest absolute Gasteiger partial charge is 0.417 e. The molecule has 2 heterocycles. The predicted molar refractivity (Wildman–Crippen MR) is 88.7 cm³/mol. The Hall–Kier alpha value is -1.53. The Balaban J connectivity index is 1.82. The molecule has 0 spiro atoms. The Bertz CT molecular complexity index is 718. The lowest BCUT2D eigenvalue weighted by Crippen LogP contribution is -2.15. The van der Waals surface area contributed by atoms with Crippen molar-refractivity contribution in [3.8, 4) is 10.4 Å². The summed E-state index contributed by atoms with van der Waals surface area (Å²) in [6, 6.07) is 5.76. The topological polar surface area (TPSA) is 15.6 Å². The number of rotatable bonds is 3. The molecule has 0 radical (unpaired) electrons. The van der Waals surface area contributed by atoms with Gasteiger partial charge in [0, 0.05) is 23.3 Å². The summed E-state index contributed by atoms with van der Waals surface area (Å²) in [5, 5.41) is 1.55. The van der Waals surface area contributed by atoms with Crippen molar-refractivity contribution in [1.29, 1.82) is 0 Å². The van der Waals surface area contributed by atoms with Gasteiger partial charge in [-0.3, -0.25) is 0 Å². The van der Waals surface area contributed by atoms with Gasteiger partial charge < -0.3 is 4.90 Å². The van der Waals surface area contributed by atoms with Crippen molar-refractivity contribution in [1.82, 2.24) is 4.90 Å². The van der Waals surface area contributed by atoms with E-state index in [1.165, 1.54) is 30.2 Å². The van der Waals surface area contributed by atoms with E-state index in [9.17, 15) is 13.2 Å². The van der Waals surface area contributed by atoms with Crippen molar-refractivity contribution in [2.45, 2.75) is 19.0 Å². The van der Waals surface area contributed by atoms with Crippen LogP contribution in [0.4, 0.5) is 18.9 Å². The first-order valence-electron chi connectivity index (χ1n) is 7.17. The maximum absolute atomic E-state index is 12.9. The average molecular weight is 359 g/mol. The van der Waals surface area contributed by atoms with Crippen molar-refractivity contribution in [2.24, 2.45) is 4.99 Å². The van der Waals surface area contributed by atoms with Crippen LogP contribution >= 0.6 is 22.9 Å². The molecule has 1 aliphatic rings. The summed E-state index contributed by atoms with van der Waals surface area (Å²) in [4.78, 5) is 7.26. The number of benzene rings is 1. The molecule has 2 aromatic rings. The van der Waals surface area contributed by atoms with Gasteiger partial charge in [0.2, 0.25) is 0 Å². The molecule has 1 saturated heterocycles. The molecule has 7 heteroatoms. The Morgan fingerprint density at radius 3 is 2.61 bits per heavy atom. The first kappa shape index (κ1) is 16.3. The summed E-state index contributed by atoms with van der Waals surface area (Å²) >= 11 is 7.02. The first-order valence-corrected chi connectivity index (χ1v) is 8.43. The van der Waals surface area contributed by atoms with Crippen molar-refractivity contribution in [2.75, 3.05) is 13.1 Å². The van der Waals surface area contributed by atoms with E-state index in [0.717, 1.165) is 29.7 Å². The fraction of sp³-hybridized carbons (Fsp3) is 0.312. The molecule has 0 aliphatic carbocycles. The van der Waals surface area contributed by atoms with Crippen LogP contribution in [-0.2, 0) is 6.18 Å². The lowest BCUT2D eigenvalue weighted by molar-refractivity contribution is -0.137. The molecule has 122 valence electrons. The van der Waals surface area contributed by atoms with Crippen LogP contribution < -0.4 is 0 Å². The molecular formula is C16H14ClF3N2S. The van der Waals surface area contributed by atoms with Gasteiger partial charge in [-0.15, -0.1) is 11.3 Å². The second-order valence-corrected chi connectivity index (χ2v) is 6.67. The van der Waals surface area contributed by atoms with Crippen LogP contribution in [0.5, 0.6) is 0 Å². The maximum Gasteiger partial charge on any atom is 0.417 e.